The smallest absolute Gasteiger partial charge is 0.330 e. The molecule has 0 spiro atoms. The van der Waals surface area contributed by atoms with Gasteiger partial charge in [-0.3, -0.25) is 0 Å². The molecular weight excluding hydrogens is 170 g/mol. The lowest BCUT2D eigenvalue weighted by atomic mass is 9.73. The Morgan fingerprint density at radius 3 is 2.46 bits per heavy atom. The van der Waals surface area contributed by atoms with Crippen molar-refractivity contribution < 1.29 is 19.4 Å². The number of rotatable bonds is 4. The van der Waals surface area contributed by atoms with E-state index in [1.165, 1.54) is 6.92 Å². The van der Waals surface area contributed by atoms with Gasteiger partial charge in [-0.25, -0.2) is 9.59 Å². The first-order valence-electron chi connectivity index (χ1n) is 3.50. The molecule has 0 bridgehead atoms. The first kappa shape index (κ1) is 11.8. The Bertz CT molecular complexity index is 235. The molecule has 0 saturated heterocycles. The molecule has 1 atom stereocenters. The number of carbonyl (C=O) groups excluding carboxylic acids is 1. The fourth-order valence-corrected chi connectivity index (χ4v) is 0.445. The van der Waals surface area contributed by atoms with Crippen LogP contribution in [0.5, 0.6) is 0 Å². The summed E-state index contributed by atoms with van der Waals surface area (Å²) >= 11 is 0. The lowest BCUT2D eigenvalue weighted by Crippen LogP contribution is -2.30. The topological polar surface area (TPSA) is 63.6 Å². The van der Waals surface area contributed by atoms with Gasteiger partial charge in [-0.2, -0.15) is 0 Å². The molecule has 0 heterocycles. The molecule has 0 aliphatic heterocycles. The van der Waals surface area contributed by atoms with Crippen LogP contribution in [0.15, 0.2) is 12.2 Å². The maximum absolute atomic E-state index is 10.8. The quantitative estimate of drug-likeness (QED) is 0.362. The lowest BCUT2D eigenvalue weighted by Gasteiger charge is -2.23. The van der Waals surface area contributed by atoms with Gasteiger partial charge in [-0.1, -0.05) is 6.32 Å². The Balaban J connectivity index is 4.09. The molecule has 1 unspecified atom stereocenters. The number of carboxylic acids is 1. The molecule has 1 N–H and O–H groups in total. The fraction of sp³-hybridized carbons (Fsp3) is 0.429. The highest BCUT2D eigenvalue weighted by Crippen LogP contribution is 2.09. The zero-order valence-electron chi connectivity index (χ0n) is 7.19. The van der Waals surface area contributed by atoms with E-state index in [2.05, 4.69) is 4.74 Å². The van der Waals surface area contributed by atoms with Gasteiger partial charge in [0.2, 0.25) is 0 Å². The lowest BCUT2D eigenvalue weighted by molar-refractivity contribution is -0.144. The van der Waals surface area contributed by atoms with E-state index in [9.17, 15) is 9.59 Å². The van der Waals surface area contributed by atoms with Crippen LogP contribution in [0.3, 0.4) is 0 Å². The number of carboxylic acid groups (broad SMARTS) is 1. The van der Waals surface area contributed by atoms with Crippen molar-refractivity contribution in [3.8, 4) is 0 Å². The van der Waals surface area contributed by atoms with E-state index < -0.39 is 17.4 Å². The Morgan fingerprint density at radius 2 is 2.08 bits per heavy atom. The molecule has 0 aromatic heterocycles. The normalized spacial score (nSPS) is 15.2. The molecule has 0 fully saturated rings. The van der Waals surface area contributed by atoms with E-state index in [-0.39, 0.29) is 6.32 Å². The van der Waals surface area contributed by atoms with Crippen LogP contribution in [0.25, 0.3) is 0 Å². The van der Waals surface area contributed by atoms with Crippen LogP contribution < -0.4 is 0 Å². The molecule has 0 aromatic carbocycles. The largest absolute Gasteiger partial charge is 0.478 e. The zero-order chi connectivity index (χ0) is 10.5. The summed E-state index contributed by atoms with van der Waals surface area (Å²) in [6, 6.07) is 0. The molecule has 13 heavy (non-hydrogen) atoms. The molecule has 6 heteroatoms. The predicted molar refractivity (Wildman–Crippen MR) is 47.6 cm³/mol. The minimum Gasteiger partial charge on any atom is -0.478 e. The highest BCUT2D eigenvalue weighted by atomic mass is 16.6. The van der Waals surface area contributed by atoms with Gasteiger partial charge in [0.15, 0.2) is 0 Å². The number of hydrogen-bond donors (Lipinski definition) is 1. The maximum atomic E-state index is 10.8. The van der Waals surface area contributed by atoms with Gasteiger partial charge in [0.25, 0.3) is 0 Å². The summed E-state index contributed by atoms with van der Waals surface area (Å²) in [5, 5.41) is 8.17. The van der Waals surface area contributed by atoms with Crippen LogP contribution in [0.4, 0.5) is 0 Å². The molecule has 0 aromatic rings. The SMILES string of the molecule is [B]CC([B])(C)OC(=O)/C=C/C(=O)O. The second-order valence-corrected chi connectivity index (χ2v) is 2.61. The number of aliphatic carboxylic acids is 1. The number of ether oxygens (including phenoxy) is 1. The highest BCUT2D eigenvalue weighted by Gasteiger charge is 2.17. The molecule has 0 amide bonds. The van der Waals surface area contributed by atoms with E-state index in [4.69, 9.17) is 20.8 Å². The predicted octanol–water partition coefficient (Wildman–Crippen LogP) is -0.358. The van der Waals surface area contributed by atoms with E-state index in [0.29, 0.717) is 6.08 Å². The molecule has 4 radical (unpaired) electrons. The van der Waals surface area contributed by atoms with E-state index in [1.54, 1.807) is 0 Å². The van der Waals surface area contributed by atoms with Crippen molar-refractivity contribution in [1.82, 2.24) is 0 Å². The summed E-state index contributed by atoms with van der Waals surface area (Å²) in [7, 11) is 10.5. The average Bonchev–Trinajstić information content (AvgIpc) is 2.00. The van der Waals surface area contributed by atoms with Gasteiger partial charge in [-0.15, -0.1) is 0 Å². The third-order valence-corrected chi connectivity index (χ3v) is 1.10. The molecule has 66 valence electrons. The second-order valence-electron chi connectivity index (χ2n) is 2.61. The Morgan fingerprint density at radius 1 is 1.54 bits per heavy atom. The summed E-state index contributed by atoms with van der Waals surface area (Å²) in [5.74, 6) is -2.07. The van der Waals surface area contributed by atoms with Crippen LogP contribution in [-0.2, 0) is 14.3 Å². The third kappa shape index (κ3) is 6.02. The van der Waals surface area contributed by atoms with Crippen molar-refractivity contribution in [2.24, 2.45) is 0 Å². The van der Waals surface area contributed by atoms with Gasteiger partial charge >= 0.3 is 11.9 Å². The first-order valence-corrected chi connectivity index (χ1v) is 3.50. The molecule has 0 saturated carbocycles. The molecule has 0 aliphatic carbocycles. The minimum absolute atomic E-state index is 0.0420. The fourth-order valence-electron chi connectivity index (χ4n) is 0.445. The number of esters is 1. The van der Waals surface area contributed by atoms with Crippen LogP contribution >= 0.6 is 0 Å². The highest BCUT2D eigenvalue weighted by molar-refractivity contribution is 6.21. The molecule has 0 aliphatic rings. The summed E-state index contributed by atoms with van der Waals surface area (Å²) in [6.07, 6.45) is 1.39. The summed E-state index contributed by atoms with van der Waals surface area (Å²) in [5.41, 5.74) is -1.26. The van der Waals surface area contributed by atoms with E-state index in [1.807, 2.05) is 0 Å². The van der Waals surface area contributed by atoms with Crippen molar-refractivity contribution in [3.05, 3.63) is 12.2 Å². The van der Waals surface area contributed by atoms with Crippen LogP contribution in [0, 0.1) is 0 Å². The maximum Gasteiger partial charge on any atom is 0.330 e. The molecule has 0 rings (SSSR count). The third-order valence-electron chi connectivity index (χ3n) is 1.10. The number of carbonyl (C=O) groups is 2. The average molecular weight is 178 g/mol. The monoisotopic (exact) mass is 178 g/mol. The van der Waals surface area contributed by atoms with Crippen molar-refractivity contribution in [2.45, 2.75) is 18.7 Å². The van der Waals surface area contributed by atoms with Crippen molar-refractivity contribution >= 4 is 27.6 Å². The first-order chi connectivity index (χ1) is 5.87. The van der Waals surface area contributed by atoms with Crippen molar-refractivity contribution in [2.75, 3.05) is 0 Å². The molecular formula is C7H8B2O4. The van der Waals surface area contributed by atoms with Gasteiger partial charge < -0.3 is 9.84 Å². The standard InChI is InChI=1S/C7H8B2O4/c1-7(9,4-8)13-6(12)3-2-5(10)11/h2-3H,4H2,1H3,(H,10,11)/b3-2+. The van der Waals surface area contributed by atoms with Crippen molar-refractivity contribution in [1.29, 1.82) is 0 Å². The van der Waals surface area contributed by atoms with E-state index >= 15 is 0 Å². The van der Waals surface area contributed by atoms with Gasteiger partial charge in [0.1, 0.15) is 7.85 Å². The van der Waals surface area contributed by atoms with Crippen LogP contribution in [0.2, 0.25) is 6.32 Å². The minimum atomic E-state index is -1.26. The van der Waals surface area contributed by atoms with Crippen LogP contribution in [0.1, 0.15) is 6.92 Å². The van der Waals surface area contributed by atoms with Gasteiger partial charge in [0, 0.05) is 12.2 Å². The summed E-state index contributed by atoms with van der Waals surface area (Å²) < 4.78 is 4.60. The molecule has 4 nitrogen and oxygen atoms in total. The van der Waals surface area contributed by atoms with Crippen LogP contribution in [-0.4, -0.2) is 38.2 Å². The van der Waals surface area contributed by atoms with E-state index in [0.717, 1.165) is 6.08 Å². The number of hydrogen-bond acceptors (Lipinski definition) is 3. The Kier molecular flexibility index (Phi) is 4.31. The van der Waals surface area contributed by atoms with Gasteiger partial charge in [-0.05, 0) is 6.92 Å². The van der Waals surface area contributed by atoms with Crippen molar-refractivity contribution in [3.63, 3.8) is 0 Å². The Hall–Kier alpha value is -1.19. The Labute approximate surface area is 78.8 Å². The zero-order valence-corrected chi connectivity index (χ0v) is 7.19. The summed E-state index contributed by atoms with van der Waals surface area (Å²) in [6.45, 7) is 1.42. The second kappa shape index (κ2) is 4.74. The summed E-state index contributed by atoms with van der Waals surface area (Å²) in [4.78, 5) is 20.8. The van der Waals surface area contributed by atoms with Gasteiger partial charge in [0.05, 0.1) is 13.3 Å².